The van der Waals surface area contributed by atoms with Crippen LogP contribution in [0.1, 0.15) is 264 Å². The first kappa shape index (κ1) is 63.7. The number of likely N-dealkylation sites (N-methyl/N-ethyl adjacent to an activating group) is 1. The molecule has 0 aliphatic heterocycles. The first-order valence-corrected chi connectivity index (χ1v) is 29.3. The van der Waals surface area contributed by atoms with E-state index in [1.54, 1.807) is 0 Å². The number of phosphoric ester groups is 1. The van der Waals surface area contributed by atoms with E-state index in [0.717, 1.165) is 51.4 Å². The number of amides is 1. The second kappa shape index (κ2) is 47.8. The minimum Gasteiger partial charge on any atom is -0.391 e. The van der Waals surface area contributed by atoms with Gasteiger partial charge in [0.2, 0.25) is 5.91 Å². The number of carbonyl (C=O) groups is 1. The number of hydrogen-bond acceptors (Lipinski definition) is 5. The zero-order valence-electron chi connectivity index (χ0n) is 43.7. The Labute approximate surface area is 404 Å². The van der Waals surface area contributed by atoms with Crippen LogP contribution >= 0.6 is 7.82 Å². The highest BCUT2D eigenvalue weighted by Gasteiger charge is 2.28. The summed E-state index contributed by atoms with van der Waals surface area (Å²) >= 11 is 0. The Kier molecular flexibility index (Phi) is 46.8. The summed E-state index contributed by atoms with van der Waals surface area (Å²) in [6, 6.07) is -0.758. The average molecular weight is 938 g/mol. The van der Waals surface area contributed by atoms with Crippen LogP contribution in [0, 0.1) is 0 Å². The average Bonchev–Trinajstić information content (AvgIpc) is 3.26. The summed E-state index contributed by atoms with van der Waals surface area (Å²) < 4.78 is 23.7. The molecule has 0 aromatic heterocycles. The number of rotatable bonds is 51. The van der Waals surface area contributed by atoms with Crippen LogP contribution in [0.15, 0.2) is 36.5 Å². The van der Waals surface area contributed by atoms with Crippen LogP contribution in [-0.2, 0) is 18.4 Å². The highest BCUT2D eigenvalue weighted by Crippen LogP contribution is 2.43. The van der Waals surface area contributed by atoms with Gasteiger partial charge in [0.25, 0.3) is 0 Å². The fourth-order valence-electron chi connectivity index (χ4n) is 8.23. The number of hydrogen-bond donors (Lipinski definition) is 3. The maximum absolute atomic E-state index is 13.0. The van der Waals surface area contributed by atoms with Gasteiger partial charge in [0.05, 0.1) is 39.9 Å². The molecule has 384 valence electrons. The Hall–Kier alpha value is -1.28. The van der Waals surface area contributed by atoms with Crippen molar-refractivity contribution < 1.29 is 32.9 Å². The van der Waals surface area contributed by atoms with E-state index in [4.69, 9.17) is 9.05 Å². The van der Waals surface area contributed by atoms with Gasteiger partial charge in [0.15, 0.2) is 0 Å². The zero-order valence-corrected chi connectivity index (χ0v) is 44.6. The molecule has 9 heteroatoms. The van der Waals surface area contributed by atoms with Crippen LogP contribution in [0.3, 0.4) is 0 Å². The predicted octanol–water partition coefficient (Wildman–Crippen LogP) is 16.6. The number of allylic oxidation sites excluding steroid dienone is 6. The normalized spacial score (nSPS) is 14.3. The van der Waals surface area contributed by atoms with Crippen LogP contribution in [0.4, 0.5) is 0 Å². The number of phosphoric acid groups is 1. The summed E-state index contributed by atoms with van der Waals surface area (Å²) in [6.07, 6.45) is 60.6. The van der Waals surface area contributed by atoms with E-state index in [-0.39, 0.29) is 19.1 Å². The van der Waals surface area contributed by atoms with Crippen molar-refractivity contribution in [1.29, 1.82) is 0 Å². The zero-order chi connectivity index (χ0) is 47.8. The molecule has 0 bridgehead atoms. The van der Waals surface area contributed by atoms with Gasteiger partial charge in [-0.2, -0.15) is 0 Å². The Morgan fingerprint density at radius 3 is 1.28 bits per heavy atom. The summed E-state index contributed by atoms with van der Waals surface area (Å²) in [5, 5.41) is 14.0. The van der Waals surface area contributed by atoms with Crippen LogP contribution in [0.25, 0.3) is 0 Å². The molecule has 3 atom stereocenters. The molecule has 0 heterocycles. The van der Waals surface area contributed by atoms with E-state index in [9.17, 15) is 19.4 Å². The number of carbonyl (C=O) groups excluding carboxylic acids is 1. The molecule has 0 radical (unpaired) electrons. The van der Waals surface area contributed by atoms with Gasteiger partial charge in [0.1, 0.15) is 13.2 Å². The first-order valence-electron chi connectivity index (χ1n) is 27.9. The Morgan fingerprint density at radius 2 is 0.877 bits per heavy atom. The summed E-state index contributed by atoms with van der Waals surface area (Å²) in [6.45, 7) is 4.89. The van der Waals surface area contributed by atoms with Crippen LogP contribution in [-0.4, -0.2) is 73.4 Å². The molecule has 0 aliphatic rings. The summed E-state index contributed by atoms with van der Waals surface area (Å²) in [7, 11) is 1.62. The smallest absolute Gasteiger partial charge is 0.391 e. The molecule has 8 nitrogen and oxygen atoms in total. The molecule has 0 aliphatic carbocycles. The minimum absolute atomic E-state index is 0.0755. The molecule has 0 aromatic rings. The monoisotopic (exact) mass is 938 g/mol. The van der Waals surface area contributed by atoms with Gasteiger partial charge in [-0.05, 0) is 51.4 Å². The number of quaternary nitrogens is 1. The standard InChI is InChI=1S/C56H109N2O6P/c1-6-8-10-12-14-16-18-20-21-22-23-24-25-26-27-28-29-30-31-32-33-34-35-36-37-38-40-42-44-46-48-50-56(60)57-54(53-64-65(61,62)63-52-51-58(3,4)5)55(59)49-47-45-43-41-39-19-17-15-13-11-9-7-2/h18,20,22-23,25-26,54-55,59H,6-17,19,21,24,27-53H2,1-5H3,(H-,57,60,61,62)/p+1/b20-18-,23-22-,26-25-. The van der Waals surface area contributed by atoms with Crippen LogP contribution < -0.4 is 5.32 Å². The Morgan fingerprint density at radius 1 is 0.523 bits per heavy atom. The molecule has 65 heavy (non-hydrogen) atoms. The van der Waals surface area contributed by atoms with Gasteiger partial charge in [-0.15, -0.1) is 0 Å². The summed E-state index contributed by atoms with van der Waals surface area (Å²) in [4.78, 5) is 23.3. The maximum Gasteiger partial charge on any atom is 0.472 e. The molecule has 0 aromatic carbocycles. The molecule has 3 unspecified atom stereocenters. The summed E-state index contributed by atoms with van der Waals surface area (Å²) in [5.74, 6) is -0.143. The lowest BCUT2D eigenvalue weighted by atomic mass is 10.0. The molecule has 3 N–H and O–H groups in total. The van der Waals surface area contributed by atoms with Crippen molar-refractivity contribution in [2.24, 2.45) is 0 Å². The van der Waals surface area contributed by atoms with E-state index in [0.29, 0.717) is 23.9 Å². The Balaban J connectivity index is 4.02. The first-order chi connectivity index (χ1) is 31.5. The van der Waals surface area contributed by atoms with E-state index < -0.39 is 20.0 Å². The predicted molar refractivity (Wildman–Crippen MR) is 281 cm³/mol. The van der Waals surface area contributed by atoms with Gasteiger partial charge >= 0.3 is 7.82 Å². The van der Waals surface area contributed by atoms with Crippen LogP contribution in [0.2, 0.25) is 0 Å². The fraction of sp³-hybridized carbons (Fsp3) is 0.875. The quantitative estimate of drug-likeness (QED) is 0.0243. The maximum atomic E-state index is 13.0. The molecule has 0 saturated heterocycles. The molecule has 1 amide bonds. The highest BCUT2D eigenvalue weighted by molar-refractivity contribution is 7.47. The minimum atomic E-state index is -4.32. The molecular weight excluding hydrogens is 828 g/mol. The third-order valence-corrected chi connectivity index (χ3v) is 13.6. The third-order valence-electron chi connectivity index (χ3n) is 12.6. The number of nitrogens with one attached hydrogen (secondary N) is 1. The number of aliphatic hydroxyl groups is 1. The largest absolute Gasteiger partial charge is 0.472 e. The third kappa shape index (κ3) is 50.4. The van der Waals surface area contributed by atoms with E-state index in [1.807, 2.05) is 21.1 Å². The number of aliphatic hydroxyl groups excluding tert-OH is 1. The molecular formula is C56H110N2O6P+. The Bertz CT molecular complexity index is 1150. The number of nitrogens with zero attached hydrogens (tertiary/aromatic N) is 1. The van der Waals surface area contributed by atoms with Crippen molar-refractivity contribution in [2.45, 2.75) is 276 Å². The van der Waals surface area contributed by atoms with Crippen molar-refractivity contribution in [2.75, 3.05) is 40.9 Å². The van der Waals surface area contributed by atoms with Crippen molar-refractivity contribution in [3.8, 4) is 0 Å². The van der Waals surface area contributed by atoms with Crippen molar-refractivity contribution in [3.63, 3.8) is 0 Å². The lowest BCUT2D eigenvalue weighted by molar-refractivity contribution is -0.870. The van der Waals surface area contributed by atoms with Gasteiger partial charge in [0, 0.05) is 6.42 Å². The lowest BCUT2D eigenvalue weighted by Crippen LogP contribution is -2.46. The van der Waals surface area contributed by atoms with Crippen molar-refractivity contribution >= 4 is 13.7 Å². The van der Waals surface area contributed by atoms with Crippen molar-refractivity contribution in [1.82, 2.24) is 5.32 Å². The van der Waals surface area contributed by atoms with E-state index in [2.05, 4.69) is 55.6 Å². The van der Waals surface area contributed by atoms with Gasteiger partial charge < -0.3 is 19.8 Å². The second-order valence-electron chi connectivity index (χ2n) is 20.3. The van der Waals surface area contributed by atoms with Gasteiger partial charge in [-0.3, -0.25) is 13.8 Å². The molecule has 0 rings (SSSR count). The van der Waals surface area contributed by atoms with Gasteiger partial charge in [-0.25, -0.2) is 4.57 Å². The SMILES string of the molecule is CCCCCCC/C=C\C/C=C\C/C=C\CCCCCCCCCCCCCCCCCCC(=O)NC(COP(=O)(O)OCC[N+](C)(C)C)C(O)CCCCCCCCCCCCCC. The van der Waals surface area contributed by atoms with Crippen molar-refractivity contribution in [3.05, 3.63) is 36.5 Å². The topological polar surface area (TPSA) is 105 Å². The van der Waals surface area contributed by atoms with E-state index in [1.165, 1.54) is 186 Å². The summed E-state index contributed by atoms with van der Waals surface area (Å²) in [5.41, 5.74) is 0. The molecule has 0 fully saturated rings. The highest BCUT2D eigenvalue weighted by atomic mass is 31.2. The fourth-order valence-corrected chi connectivity index (χ4v) is 8.97. The van der Waals surface area contributed by atoms with Crippen LogP contribution in [0.5, 0.6) is 0 Å². The second-order valence-corrected chi connectivity index (χ2v) is 21.8. The molecule has 0 saturated carbocycles. The van der Waals surface area contributed by atoms with Gasteiger partial charge in [-0.1, -0.05) is 243 Å². The number of unbranched alkanes of at least 4 members (excludes halogenated alkanes) is 32. The molecule has 0 spiro atoms. The lowest BCUT2D eigenvalue weighted by Gasteiger charge is -2.26. The van der Waals surface area contributed by atoms with E-state index >= 15 is 0 Å².